The van der Waals surface area contributed by atoms with Gasteiger partial charge in [0, 0.05) is 30.9 Å². The normalized spacial score (nSPS) is 12.8. The van der Waals surface area contributed by atoms with Gasteiger partial charge in [0.15, 0.2) is 0 Å². The van der Waals surface area contributed by atoms with Crippen molar-refractivity contribution in [1.29, 1.82) is 0 Å². The Morgan fingerprint density at radius 3 is 2.88 bits per heavy atom. The van der Waals surface area contributed by atoms with Crippen molar-refractivity contribution < 1.29 is 4.74 Å². The van der Waals surface area contributed by atoms with Crippen molar-refractivity contribution in [2.24, 2.45) is 5.73 Å². The number of rotatable bonds is 6. The zero-order chi connectivity index (χ0) is 12.0. The Balaban J connectivity index is 2.88. The molecule has 4 heteroatoms. The molecule has 1 heterocycles. The van der Waals surface area contributed by atoms with Crippen LogP contribution in [0.3, 0.4) is 0 Å². The first-order chi connectivity index (χ1) is 7.74. The summed E-state index contributed by atoms with van der Waals surface area (Å²) in [6, 6.07) is 2.30. The first-order valence-electron chi connectivity index (χ1n) is 5.66. The smallest absolute Gasteiger partial charge is 0.141 e. The summed E-state index contributed by atoms with van der Waals surface area (Å²) in [5.41, 5.74) is 6.77. The fraction of sp³-hybridized carbons (Fsp3) is 0.583. The number of hydrogen-bond donors (Lipinski definition) is 1. The molecular weight excluding hydrogens is 202 g/mol. The van der Waals surface area contributed by atoms with E-state index in [2.05, 4.69) is 23.7 Å². The van der Waals surface area contributed by atoms with Crippen LogP contribution in [0.2, 0.25) is 0 Å². The molecule has 0 saturated carbocycles. The van der Waals surface area contributed by atoms with Crippen LogP contribution < -0.4 is 10.5 Å². The largest absolute Gasteiger partial charge is 0.495 e. The summed E-state index contributed by atoms with van der Waals surface area (Å²) in [4.78, 5) is 6.38. The maximum atomic E-state index is 5.61. The highest BCUT2D eigenvalue weighted by molar-refractivity contribution is 5.32. The van der Waals surface area contributed by atoms with Gasteiger partial charge in [-0.1, -0.05) is 6.92 Å². The molecular formula is C12H21N3O. The molecule has 1 aromatic rings. The summed E-state index contributed by atoms with van der Waals surface area (Å²) < 4.78 is 5.32. The standard InChI is InChI=1S/C12H21N3O/c1-4-15(8-6-13)10(2)11-5-7-14-9-12(11)16-3/h5,7,9-10H,4,6,8,13H2,1-3H3. The van der Waals surface area contributed by atoms with Crippen LogP contribution >= 0.6 is 0 Å². The van der Waals surface area contributed by atoms with E-state index in [1.54, 1.807) is 19.5 Å². The van der Waals surface area contributed by atoms with Crippen molar-refractivity contribution >= 4 is 0 Å². The molecule has 90 valence electrons. The van der Waals surface area contributed by atoms with E-state index >= 15 is 0 Å². The lowest BCUT2D eigenvalue weighted by Gasteiger charge is -2.28. The second-order valence-electron chi connectivity index (χ2n) is 3.71. The Bertz CT molecular complexity index is 317. The highest BCUT2D eigenvalue weighted by atomic mass is 16.5. The minimum absolute atomic E-state index is 0.298. The minimum atomic E-state index is 0.298. The number of aromatic nitrogens is 1. The van der Waals surface area contributed by atoms with E-state index in [1.165, 1.54) is 0 Å². The molecule has 0 amide bonds. The molecule has 1 atom stereocenters. The van der Waals surface area contributed by atoms with Crippen LogP contribution in [0.4, 0.5) is 0 Å². The molecule has 4 nitrogen and oxygen atoms in total. The number of pyridine rings is 1. The monoisotopic (exact) mass is 223 g/mol. The van der Waals surface area contributed by atoms with E-state index in [9.17, 15) is 0 Å². The molecule has 1 unspecified atom stereocenters. The van der Waals surface area contributed by atoms with Crippen molar-refractivity contribution in [1.82, 2.24) is 9.88 Å². The van der Waals surface area contributed by atoms with Crippen LogP contribution in [0, 0.1) is 0 Å². The number of likely N-dealkylation sites (N-methyl/N-ethyl adjacent to an activating group) is 1. The van der Waals surface area contributed by atoms with Gasteiger partial charge < -0.3 is 10.5 Å². The van der Waals surface area contributed by atoms with E-state index in [-0.39, 0.29) is 0 Å². The van der Waals surface area contributed by atoms with Gasteiger partial charge in [-0.15, -0.1) is 0 Å². The lowest BCUT2D eigenvalue weighted by Crippen LogP contribution is -2.32. The SMILES string of the molecule is CCN(CCN)C(C)c1ccncc1OC. The Labute approximate surface area is 97.4 Å². The third kappa shape index (κ3) is 2.93. The molecule has 0 bridgehead atoms. The molecule has 1 rings (SSSR count). The van der Waals surface area contributed by atoms with Crippen molar-refractivity contribution in [2.75, 3.05) is 26.7 Å². The fourth-order valence-electron chi connectivity index (χ4n) is 1.89. The van der Waals surface area contributed by atoms with Crippen molar-refractivity contribution in [3.63, 3.8) is 0 Å². The third-order valence-corrected chi connectivity index (χ3v) is 2.86. The van der Waals surface area contributed by atoms with Crippen molar-refractivity contribution in [3.8, 4) is 5.75 Å². The van der Waals surface area contributed by atoms with E-state index in [4.69, 9.17) is 10.5 Å². The summed E-state index contributed by atoms with van der Waals surface area (Å²) in [5.74, 6) is 0.838. The maximum Gasteiger partial charge on any atom is 0.141 e. The second kappa shape index (κ2) is 6.45. The van der Waals surface area contributed by atoms with Crippen LogP contribution in [0.15, 0.2) is 18.5 Å². The van der Waals surface area contributed by atoms with Crippen LogP contribution in [0.1, 0.15) is 25.5 Å². The number of nitrogens with zero attached hydrogens (tertiary/aromatic N) is 2. The number of hydrogen-bond acceptors (Lipinski definition) is 4. The number of methoxy groups -OCH3 is 1. The van der Waals surface area contributed by atoms with Gasteiger partial charge in [-0.2, -0.15) is 0 Å². The molecule has 16 heavy (non-hydrogen) atoms. The average Bonchev–Trinajstić information content (AvgIpc) is 2.35. The minimum Gasteiger partial charge on any atom is -0.495 e. The zero-order valence-corrected chi connectivity index (χ0v) is 10.3. The Kier molecular flexibility index (Phi) is 5.22. The molecule has 0 saturated heterocycles. The highest BCUT2D eigenvalue weighted by Crippen LogP contribution is 2.27. The topological polar surface area (TPSA) is 51.4 Å². The number of nitrogens with two attached hydrogens (primary N) is 1. The number of ether oxygens (including phenoxy) is 1. The van der Waals surface area contributed by atoms with E-state index in [0.29, 0.717) is 12.6 Å². The van der Waals surface area contributed by atoms with Gasteiger partial charge in [0.2, 0.25) is 0 Å². The Morgan fingerprint density at radius 2 is 2.31 bits per heavy atom. The summed E-state index contributed by atoms with van der Waals surface area (Å²) in [7, 11) is 1.67. The van der Waals surface area contributed by atoms with Crippen molar-refractivity contribution in [3.05, 3.63) is 24.0 Å². The molecule has 0 aliphatic carbocycles. The van der Waals surface area contributed by atoms with E-state index in [0.717, 1.165) is 24.4 Å². The average molecular weight is 223 g/mol. The quantitative estimate of drug-likeness (QED) is 0.792. The Morgan fingerprint density at radius 1 is 1.56 bits per heavy atom. The first kappa shape index (κ1) is 12.9. The van der Waals surface area contributed by atoms with E-state index in [1.807, 2.05) is 6.07 Å². The van der Waals surface area contributed by atoms with Gasteiger partial charge in [0.25, 0.3) is 0 Å². The fourth-order valence-corrected chi connectivity index (χ4v) is 1.89. The predicted molar refractivity (Wildman–Crippen MR) is 65.5 cm³/mol. The lowest BCUT2D eigenvalue weighted by atomic mass is 10.1. The summed E-state index contributed by atoms with van der Waals surface area (Å²) >= 11 is 0. The molecule has 0 aliphatic rings. The predicted octanol–water partition coefficient (Wildman–Crippen LogP) is 1.43. The maximum absolute atomic E-state index is 5.61. The molecule has 0 fully saturated rings. The van der Waals surface area contributed by atoms with E-state index < -0.39 is 0 Å². The highest BCUT2D eigenvalue weighted by Gasteiger charge is 2.16. The van der Waals surface area contributed by atoms with Crippen LogP contribution in [-0.2, 0) is 0 Å². The van der Waals surface area contributed by atoms with Gasteiger partial charge in [-0.3, -0.25) is 9.88 Å². The van der Waals surface area contributed by atoms with Gasteiger partial charge in [0.1, 0.15) is 5.75 Å². The first-order valence-corrected chi connectivity index (χ1v) is 5.66. The summed E-state index contributed by atoms with van der Waals surface area (Å²) in [6.07, 6.45) is 3.55. The van der Waals surface area contributed by atoms with Crippen LogP contribution in [0.5, 0.6) is 5.75 Å². The Hall–Kier alpha value is -1.13. The van der Waals surface area contributed by atoms with Gasteiger partial charge in [-0.05, 0) is 19.5 Å². The van der Waals surface area contributed by atoms with Gasteiger partial charge in [-0.25, -0.2) is 0 Å². The molecule has 0 radical (unpaired) electrons. The lowest BCUT2D eigenvalue weighted by molar-refractivity contribution is 0.223. The second-order valence-corrected chi connectivity index (χ2v) is 3.71. The van der Waals surface area contributed by atoms with Gasteiger partial charge in [0.05, 0.1) is 13.3 Å². The van der Waals surface area contributed by atoms with Crippen LogP contribution in [-0.4, -0.2) is 36.6 Å². The third-order valence-electron chi connectivity index (χ3n) is 2.86. The van der Waals surface area contributed by atoms with Crippen molar-refractivity contribution in [2.45, 2.75) is 19.9 Å². The molecule has 2 N–H and O–H groups in total. The molecule has 0 aromatic carbocycles. The molecule has 0 aliphatic heterocycles. The van der Waals surface area contributed by atoms with Gasteiger partial charge >= 0.3 is 0 Å². The zero-order valence-electron chi connectivity index (χ0n) is 10.3. The molecule has 0 spiro atoms. The molecule has 1 aromatic heterocycles. The summed E-state index contributed by atoms with van der Waals surface area (Å²) in [6.45, 7) is 6.84. The summed E-state index contributed by atoms with van der Waals surface area (Å²) in [5, 5.41) is 0. The van der Waals surface area contributed by atoms with Crippen LogP contribution in [0.25, 0.3) is 0 Å².